The van der Waals surface area contributed by atoms with Gasteiger partial charge in [-0.25, -0.2) is 0 Å². The fourth-order valence-corrected chi connectivity index (χ4v) is 4.55. The third-order valence-corrected chi connectivity index (χ3v) is 6.19. The van der Waals surface area contributed by atoms with Crippen molar-refractivity contribution in [2.45, 2.75) is 32.7 Å². The first kappa shape index (κ1) is 25.7. The maximum Gasteiger partial charge on any atom is 0.191 e. The highest BCUT2D eigenvalue weighted by Crippen LogP contribution is 2.54. The van der Waals surface area contributed by atoms with Gasteiger partial charge in [-0.2, -0.15) is 15.8 Å². The first-order chi connectivity index (χ1) is 15.8. The zero-order chi connectivity index (χ0) is 24.8. The minimum atomic E-state index is -1.66. The van der Waals surface area contributed by atoms with E-state index in [0.29, 0.717) is 24.6 Å². The average molecular weight is 450 g/mol. The van der Waals surface area contributed by atoms with Gasteiger partial charge < -0.3 is 20.3 Å². The van der Waals surface area contributed by atoms with Crippen molar-refractivity contribution < 1.29 is 14.6 Å². The summed E-state index contributed by atoms with van der Waals surface area (Å²) in [6, 6.07) is 12.2. The molecule has 174 valence electrons. The van der Waals surface area contributed by atoms with E-state index in [1.807, 2.05) is 12.1 Å². The molecule has 3 N–H and O–H groups in total. The first-order valence-corrected chi connectivity index (χ1v) is 10.8. The molecule has 2 atom stereocenters. The van der Waals surface area contributed by atoms with Gasteiger partial charge in [0, 0.05) is 37.6 Å². The van der Waals surface area contributed by atoms with E-state index < -0.39 is 11.3 Å². The van der Waals surface area contributed by atoms with Crippen LogP contribution in [-0.2, 0) is 0 Å². The molecule has 1 heterocycles. The number of methoxy groups -OCH3 is 2. The number of hydrogen-bond donors (Lipinski definition) is 2. The van der Waals surface area contributed by atoms with Gasteiger partial charge in [0.2, 0.25) is 0 Å². The number of nitriles is 3. The first-order valence-electron chi connectivity index (χ1n) is 10.8. The highest BCUT2D eigenvalue weighted by atomic mass is 16.5. The van der Waals surface area contributed by atoms with Crippen molar-refractivity contribution in [3.05, 3.63) is 46.7 Å². The van der Waals surface area contributed by atoms with E-state index in [1.54, 1.807) is 33.3 Å². The molecule has 3 rings (SSSR count). The molecule has 33 heavy (non-hydrogen) atoms. The predicted molar refractivity (Wildman–Crippen MR) is 124 cm³/mol. The lowest BCUT2D eigenvalue weighted by atomic mass is 9.58. The molecule has 0 saturated heterocycles. The Balaban J connectivity index is 0.00000122. The molecular weight excluding hydrogens is 418 g/mol. The summed E-state index contributed by atoms with van der Waals surface area (Å²) in [6.07, 6.45) is 2.01. The highest BCUT2D eigenvalue weighted by molar-refractivity contribution is 5.60. The van der Waals surface area contributed by atoms with E-state index in [4.69, 9.17) is 20.3 Å². The lowest BCUT2D eigenvalue weighted by Gasteiger charge is -2.46. The van der Waals surface area contributed by atoms with Crippen molar-refractivity contribution in [3.63, 3.8) is 0 Å². The van der Waals surface area contributed by atoms with Gasteiger partial charge in [-0.15, -0.1) is 0 Å². The fraction of sp³-hybridized carbons (Fsp3) is 0.480. The monoisotopic (exact) mass is 449 g/mol. The van der Waals surface area contributed by atoms with E-state index in [-0.39, 0.29) is 29.8 Å². The van der Waals surface area contributed by atoms with Crippen LogP contribution in [0.25, 0.3) is 0 Å². The van der Waals surface area contributed by atoms with Gasteiger partial charge in [0.1, 0.15) is 6.07 Å². The summed E-state index contributed by atoms with van der Waals surface area (Å²) in [7, 11) is 3.09. The normalized spacial score (nSPS) is 21.4. The van der Waals surface area contributed by atoms with Gasteiger partial charge in [-0.1, -0.05) is 12.1 Å². The Hall–Kier alpha value is -3.51. The summed E-state index contributed by atoms with van der Waals surface area (Å²) in [5.74, 6) is 0.272. The van der Waals surface area contributed by atoms with Crippen molar-refractivity contribution >= 4 is 0 Å². The molecule has 8 nitrogen and oxygen atoms in total. The maximum atomic E-state index is 10.2. The summed E-state index contributed by atoms with van der Waals surface area (Å²) in [5, 5.41) is 37.7. The van der Waals surface area contributed by atoms with Gasteiger partial charge in [0.15, 0.2) is 16.9 Å². The van der Waals surface area contributed by atoms with Crippen LogP contribution in [0.15, 0.2) is 41.1 Å². The number of hydrogen-bond acceptors (Lipinski definition) is 8. The van der Waals surface area contributed by atoms with Crippen molar-refractivity contribution in [1.29, 1.82) is 15.8 Å². The molecule has 8 heteroatoms. The van der Waals surface area contributed by atoms with E-state index in [0.717, 1.165) is 11.1 Å². The third kappa shape index (κ3) is 4.52. The van der Waals surface area contributed by atoms with Crippen LogP contribution in [0.5, 0.6) is 11.5 Å². The number of aliphatic hydroxyl groups excluding tert-OH is 1. The Morgan fingerprint density at radius 3 is 2.27 bits per heavy atom. The van der Waals surface area contributed by atoms with E-state index >= 15 is 0 Å². The molecule has 1 aliphatic carbocycles. The Morgan fingerprint density at radius 2 is 1.79 bits per heavy atom. The van der Waals surface area contributed by atoms with E-state index in [1.165, 1.54) is 0 Å². The number of aliphatic hydroxyl groups is 1. The van der Waals surface area contributed by atoms with Crippen LogP contribution < -0.4 is 15.2 Å². The number of ether oxygens (including phenoxy) is 2. The summed E-state index contributed by atoms with van der Waals surface area (Å²) in [4.78, 5) is 2.26. The van der Waals surface area contributed by atoms with Crippen LogP contribution in [0.2, 0.25) is 0 Å². The predicted octanol–water partition coefficient (Wildman–Crippen LogP) is 2.84. The molecule has 2 aliphatic rings. The molecule has 2 unspecified atom stereocenters. The molecule has 0 amide bonds. The molecule has 0 radical (unpaired) electrons. The van der Waals surface area contributed by atoms with Crippen molar-refractivity contribution in [2.24, 2.45) is 17.1 Å². The Morgan fingerprint density at radius 1 is 1.18 bits per heavy atom. The summed E-state index contributed by atoms with van der Waals surface area (Å²) in [6.45, 7) is 7.44. The summed E-state index contributed by atoms with van der Waals surface area (Å²) >= 11 is 0. The lowest BCUT2D eigenvalue weighted by molar-refractivity contribution is 0.174. The number of fused-ring (bicyclic) bond motifs is 1. The van der Waals surface area contributed by atoms with Crippen LogP contribution in [0.4, 0.5) is 0 Å². The minimum absolute atomic E-state index is 0.0234. The van der Waals surface area contributed by atoms with Crippen molar-refractivity contribution in [3.8, 4) is 29.7 Å². The van der Waals surface area contributed by atoms with Gasteiger partial charge in [-0.3, -0.25) is 4.90 Å². The SMILES string of the molecule is CCO.COc1ccc(C2C3CN(C(C)C)CC=C3C(C#N)=C(N)C2(C#N)C#N)cc1OC. The smallest absolute Gasteiger partial charge is 0.191 e. The summed E-state index contributed by atoms with van der Waals surface area (Å²) < 4.78 is 10.8. The fourth-order valence-electron chi connectivity index (χ4n) is 4.55. The number of allylic oxidation sites excluding steroid dienone is 2. The molecule has 1 aliphatic heterocycles. The second kappa shape index (κ2) is 10.9. The number of nitrogens with zero attached hydrogens (tertiary/aromatic N) is 4. The van der Waals surface area contributed by atoms with Gasteiger partial charge in [0.25, 0.3) is 0 Å². The highest BCUT2D eigenvalue weighted by Gasteiger charge is 2.54. The Kier molecular flexibility index (Phi) is 8.49. The quantitative estimate of drug-likeness (QED) is 0.715. The lowest BCUT2D eigenvalue weighted by Crippen LogP contribution is -2.49. The zero-order valence-corrected chi connectivity index (χ0v) is 19.8. The van der Waals surface area contributed by atoms with Gasteiger partial charge >= 0.3 is 0 Å². The Labute approximate surface area is 195 Å². The number of rotatable bonds is 4. The van der Waals surface area contributed by atoms with Crippen LogP contribution in [0.3, 0.4) is 0 Å². The molecule has 0 bridgehead atoms. The second-order valence-corrected chi connectivity index (χ2v) is 8.15. The van der Waals surface area contributed by atoms with Crippen molar-refractivity contribution in [2.75, 3.05) is 33.9 Å². The topological polar surface area (TPSA) is 139 Å². The Bertz CT molecular complexity index is 1040. The molecule has 1 aromatic carbocycles. The minimum Gasteiger partial charge on any atom is -0.493 e. The van der Waals surface area contributed by atoms with E-state index in [9.17, 15) is 15.8 Å². The van der Waals surface area contributed by atoms with Crippen LogP contribution in [0.1, 0.15) is 32.3 Å². The molecular formula is C25H31N5O3. The van der Waals surface area contributed by atoms with Crippen molar-refractivity contribution in [1.82, 2.24) is 4.90 Å². The molecule has 1 aromatic rings. The van der Waals surface area contributed by atoms with E-state index in [2.05, 4.69) is 37.0 Å². The standard InChI is InChI=1S/C23H25N5O2.C2H6O/c1-14(2)28-8-7-16-17(10-24)22(27)23(12-25,13-26)21(18(16)11-28)15-5-6-19(29-3)20(9-15)30-4;1-2-3/h5-7,9,14,18,21H,8,11,27H2,1-4H3;3H,2H2,1H3. The molecule has 0 spiro atoms. The third-order valence-electron chi connectivity index (χ3n) is 6.19. The molecule has 0 fully saturated rings. The summed E-state index contributed by atoms with van der Waals surface area (Å²) in [5.41, 5.74) is 6.52. The number of nitrogens with two attached hydrogens (primary N) is 1. The van der Waals surface area contributed by atoms with Gasteiger partial charge in [0.05, 0.1) is 37.6 Å². The zero-order valence-electron chi connectivity index (χ0n) is 19.8. The second-order valence-electron chi connectivity index (χ2n) is 8.15. The average Bonchev–Trinajstić information content (AvgIpc) is 2.83. The molecule has 0 aromatic heterocycles. The largest absolute Gasteiger partial charge is 0.493 e. The van der Waals surface area contributed by atoms with Gasteiger partial charge in [-0.05, 0) is 44.0 Å². The van der Waals surface area contributed by atoms with Crippen LogP contribution >= 0.6 is 0 Å². The van der Waals surface area contributed by atoms with Crippen LogP contribution in [0, 0.1) is 45.3 Å². The maximum absolute atomic E-state index is 10.2. The number of benzene rings is 1. The van der Waals surface area contributed by atoms with Crippen LogP contribution in [-0.4, -0.2) is 50.0 Å². The molecule has 0 saturated carbocycles.